The summed E-state index contributed by atoms with van der Waals surface area (Å²) in [5.41, 5.74) is 3.91. The molecule has 0 radical (unpaired) electrons. The summed E-state index contributed by atoms with van der Waals surface area (Å²) >= 11 is 0. The molecule has 0 unspecified atom stereocenters. The van der Waals surface area contributed by atoms with E-state index in [0.717, 1.165) is 85.6 Å². The minimum absolute atomic E-state index is 0.0842. The van der Waals surface area contributed by atoms with Crippen molar-refractivity contribution >= 4 is 24.0 Å². The van der Waals surface area contributed by atoms with Gasteiger partial charge in [-0.05, 0) is 149 Å². The van der Waals surface area contributed by atoms with Crippen LogP contribution in [0.2, 0.25) is 0 Å². The number of carbonyl (C=O) groups is 4. The number of benzene rings is 4. The third kappa shape index (κ3) is 20.8. The molecule has 0 saturated carbocycles. The van der Waals surface area contributed by atoms with Gasteiger partial charge in [0.05, 0.1) is 13.2 Å². The van der Waals surface area contributed by atoms with Crippen molar-refractivity contribution in [2.24, 2.45) is 11.8 Å². The summed E-state index contributed by atoms with van der Waals surface area (Å²) in [6, 6.07) is 28.7. The molecule has 2 aliphatic rings. The lowest BCUT2D eigenvalue weighted by molar-refractivity contribution is -0.165. The number of carboxylic acid groups (broad SMARTS) is 2. The van der Waals surface area contributed by atoms with Crippen LogP contribution in [0.5, 0.6) is 11.5 Å². The number of urea groups is 2. The van der Waals surface area contributed by atoms with Gasteiger partial charge in [0, 0.05) is 38.3 Å². The number of aliphatic hydroxyl groups excluding tert-OH is 2. The Morgan fingerprint density at radius 1 is 0.542 bits per heavy atom. The van der Waals surface area contributed by atoms with Gasteiger partial charge in [-0.2, -0.15) is 0 Å². The highest BCUT2D eigenvalue weighted by Gasteiger charge is 2.30. The molecule has 2 saturated heterocycles. The first-order chi connectivity index (χ1) is 34.3. The summed E-state index contributed by atoms with van der Waals surface area (Å²) < 4.78 is 38.0. The maximum Gasteiger partial charge on any atom is 0.335 e. The number of nitrogens with one attached hydrogen (secondary N) is 2. The second kappa shape index (κ2) is 29.9. The molecule has 0 bridgehead atoms. The fourth-order valence-corrected chi connectivity index (χ4v) is 7.68. The Morgan fingerprint density at radius 3 is 1.11 bits per heavy atom. The van der Waals surface area contributed by atoms with Crippen molar-refractivity contribution in [3.8, 4) is 11.5 Å². The van der Waals surface area contributed by atoms with E-state index in [9.17, 15) is 28.0 Å². The number of aliphatic hydroxyl groups is 2. The maximum absolute atomic E-state index is 13.3. The number of carbonyl (C=O) groups excluding carboxylic acids is 2. The van der Waals surface area contributed by atoms with Crippen molar-refractivity contribution < 1.29 is 57.9 Å². The van der Waals surface area contributed by atoms with Gasteiger partial charge in [-0.25, -0.2) is 28.0 Å². The van der Waals surface area contributed by atoms with E-state index in [-0.39, 0.29) is 35.8 Å². The number of hydrogen-bond acceptors (Lipinski definition) is 10. The molecule has 4 aromatic rings. The van der Waals surface area contributed by atoms with Gasteiger partial charge in [-0.15, -0.1) is 0 Å². The van der Waals surface area contributed by atoms with Crippen LogP contribution in [-0.2, 0) is 35.8 Å². The first-order valence-corrected chi connectivity index (χ1v) is 24.5. The van der Waals surface area contributed by atoms with Gasteiger partial charge < -0.3 is 60.1 Å². The zero-order chi connectivity index (χ0) is 52.7. The molecule has 0 spiro atoms. The first kappa shape index (κ1) is 58.2. The Hall–Kier alpha value is -6.34. The molecule has 4 amide bonds. The minimum Gasteiger partial charge on any atom is -0.493 e. The zero-order valence-corrected chi connectivity index (χ0v) is 42.4. The van der Waals surface area contributed by atoms with Gasteiger partial charge >= 0.3 is 24.0 Å². The Kier molecular flexibility index (Phi) is 24.2. The van der Waals surface area contributed by atoms with Gasteiger partial charge in [0.1, 0.15) is 23.1 Å². The van der Waals surface area contributed by atoms with Crippen LogP contribution in [-0.4, -0.2) is 142 Å². The molecular formula is C54H74F2N6O10. The van der Waals surface area contributed by atoms with Crippen LogP contribution in [0.15, 0.2) is 97.1 Å². The van der Waals surface area contributed by atoms with Gasteiger partial charge in [0.2, 0.25) is 0 Å². The Morgan fingerprint density at radius 2 is 0.833 bits per heavy atom. The van der Waals surface area contributed by atoms with Crippen molar-refractivity contribution in [1.82, 2.24) is 30.2 Å². The van der Waals surface area contributed by atoms with E-state index >= 15 is 0 Å². The van der Waals surface area contributed by atoms with Crippen LogP contribution in [0, 0.1) is 23.5 Å². The molecule has 394 valence electrons. The third-order valence-electron chi connectivity index (χ3n) is 12.0. The highest BCUT2D eigenvalue weighted by atomic mass is 19.1. The third-order valence-corrected chi connectivity index (χ3v) is 12.0. The second-order valence-electron chi connectivity index (χ2n) is 19.2. The molecule has 6 N–H and O–H groups in total. The van der Waals surface area contributed by atoms with E-state index in [1.54, 1.807) is 24.3 Å². The number of carboxylic acids is 2. The minimum atomic E-state index is -2.27. The zero-order valence-electron chi connectivity index (χ0n) is 42.4. The molecule has 0 aliphatic carbocycles. The van der Waals surface area contributed by atoms with E-state index < -0.39 is 24.1 Å². The predicted octanol–water partition coefficient (Wildman–Crippen LogP) is 7.21. The van der Waals surface area contributed by atoms with E-state index in [2.05, 4.69) is 62.2 Å². The molecule has 6 rings (SSSR count). The molecule has 2 heterocycles. The molecular weight excluding hydrogens is 931 g/mol. The average Bonchev–Trinajstić information content (AvgIpc) is 3.36. The number of halogens is 2. The van der Waals surface area contributed by atoms with Crippen LogP contribution >= 0.6 is 0 Å². The standard InChI is InChI=1S/2C25H34FN3O2.C4H6O6/c2*1-19(2)18-31-24-10-6-20(7-11-24)16-27-25(30)29(23-12-14-28(3)15-13-23)17-21-4-8-22(26)9-5-21;5-1(3(7)8)2(6)4(9)10/h2*4-11,19,23H,12-18H2,1-3H3,(H,27,30);1-2,5-6H,(H,7,8)(H,9,10)/t;;1-,2+. The molecule has 2 aliphatic heterocycles. The van der Waals surface area contributed by atoms with Gasteiger partial charge in [-0.1, -0.05) is 76.2 Å². The molecule has 4 aromatic carbocycles. The van der Waals surface area contributed by atoms with Crippen LogP contribution < -0.4 is 20.1 Å². The normalized spacial score (nSPS) is 15.2. The highest BCUT2D eigenvalue weighted by Crippen LogP contribution is 2.22. The number of amides is 4. The van der Waals surface area contributed by atoms with Crippen molar-refractivity contribution in [3.63, 3.8) is 0 Å². The number of aliphatic carboxylic acids is 2. The number of likely N-dealkylation sites (tertiary alicyclic amines) is 2. The Labute approximate surface area is 422 Å². The second-order valence-corrected chi connectivity index (χ2v) is 19.2. The van der Waals surface area contributed by atoms with E-state index in [1.807, 2.05) is 58.3 Å². The molecule has 16 nitrogen and oxygen atoms in total. The van der Waals surface area contributed by atoms with Gasteiger partial charge in [0.25, 0.3) is 0 Å². The summed E-state index contributed by atoms with van der Waals surface area (Å²) in [6.07, 6.45) is -0.782. The van der Waals surface area contributed by atoms with Crippen molar-refractivity contribution in [3.05, 3.63) is 131 Å². The van der Waals surface area contributed by atoms with Crippen LogP contribution in [0.1, 0.15) is 75.6 Å². The monoisotopic (exact) mass is 1000 g/mol. The maximum atomic E-state index is 13.3. The summed E-state index contributed by atoms with van der Waals surface area (Å²) in [7, 11) is 4.21. The van der Waals surface area contributed by atoms with Crippen LogP contribution in [0.25, 0.3) is 0 Å². The number of rotatable bonds is 19. The van der Waals surface area contributed by atoms with Crippen LogP contribution in [0.4, 0.5) is 18.4 Å². The van der Waals surface area contributed by atoms with Crippen LogP contribution in [0.3, 0.4) is 0 Å². The summed E-state index contributed by atoms with van der Waals surface area (Å²) in [5, 5.41) is 38.7. The quantitative estimate of drug-likeness (QED) is 0.0552. The fourth-order valence-electron chi connectivity index (χ4n) is 7.68. The Balaban J connectivity index is 0.000000263. The lowest BCUT2D eigenvalue weighted by atomic mass is 10.0. The average molecular weight is 1010 g/mol. The lowest BCUT2D eigenvalue weighted by Crippen LogP contribution is -2.49. The molecule has 2 atom stereocenters. The highest BCUT2D eigenvalue weighted by molar-refractivity contribution is 5.83. The Bertz CT molecular complexity index is 2080. The molecule has 72 heavy (non-hydrogen) atoms. The topological polar surface area (TPSA) is 205 Å². The summed E-state index contributed by atoms with van der Waals surface area (Å²) in [6.45, 7) is 15.6. The van der Waals surface area contributed by atoms with Gasteiger partial charge in [0.15, 0.2) is 12.2 Å². The van der Waals surface area contributed by atoms with Crippen molar-refractivity contribution in [2.75, 3.05) is 53.5 Å². The van der Waals surface area contributed by atoms with Crippen molar-refractivity contribution in [2.45, 2.75) is 104 Å². The van der Waals surface area contributed by atoms with E-state index in [4.69, 9.17) is 29.9 Å². The van der Waals surface area contributed by atoms with E-state index in [1.165, 1.54) is 24.3 Å². The number of ether oxygens (including phenoxy) is 2. The first-order valence-electron chi connectivity index (χ1n) is 24.5. The number of piperidine rings is 2. The summed E-state index contributed by atoms with van der Waals surface area (Å²) in [5.74, 6) is -1.43. The smallest absolute Gasteiger partial charge is 0.335 e. The predicted molar refractivity (Wildman–Crippen MR) is 270 cm³/mol. The largest absolute Gasteiger partial charge is 0.493 e. The molecule has 2 fully saturated rings. The molecule has 0 aromatic heterocycles. The summed E-state index contributed by atoms with van der Waals surface area (Å²) in [4.78, 5) is 54.2. The lowest BCUT2D eigenvalue weighted by Gasteiger charge is -2.37. The molecule has 18 heteroatoms. The fraction of sp³-hybridized carbons (Fsp3) is 0.481. The van der Waals surface area contributed by atoms with Crippen molar-refractivity contribution in [1.29, 1.82) is 0 Å². The van der Waals surface area contributed by atoms with E-state index in [0.29, 0.717) is 51.2 Å². The number of nitrogens with zero attached hydrogens (tertiary/aromatic N) is 4. The SMILES string of the molecule is CC(C)COc1ccc(CNC(=O)N(Cc2ccc(F)cc2)C2CCN(C)CC2)cc1.CC(C)COc1ccc(CNC(=O)N(Cc2ccc(F)cc2)C2CCN(C)CC2)cc1.O=C(O)[C@@H](O)[C@@H](O)C(=O)O. The van der Waals surface area contributed by atoms with Gasteiger partial charge in [-0.3, -0.25) is 0 Å². The number of hydrogen-bond donors (Lipinski definition) is 6.